The molecule has 0 aliphatic carbocycles. The molecule has 1 aromatic carbocycles. The van der Waals surface area contributed by atoms with Crippen LogP contribution in [0.15, 0.2) is 61.1 Å². The van der Waals surface area contributed by atoms with Gasteiger partial charge in [0.1, 0.15) is 5.82 Å². The zero-order valence-corrected chi connectivity index (χ0v) is 12.3. The van der Waals surface area contributed by atoms with E-state index in [1.54, 1.807) is 30.5 Å². The average Bonchev–Trinajstić information content (AvgIpc) is 2.61. The first-order valence-electron chi connectivity index (χ1n) is 7.01. The van der Waals surface area contributed by atoms with Gasteiger partial charge in [-0.15, -0.1) is 0 Å². The Morgan fingerprint density at radius 2 is 1.79 bits per heavy atom. The van der Waals surface area contributed by atoms with Gasteiger partial charge < -0.3 is 10.6 Å². The van der Waals surface area contributed by atoms with Crippen molar-refractivity contribution in [3.8, 4) is 0 Å². The third-order valence-electron chi connectivity index (χ3n) is 3.14. The predicted molar refractivity (Wildman–Crippen MR) is 86.1 cm³/mol. The fourth-order valence-corrected chi connectivity index (χ4v) is 1.96. The first kappa shape index (κ1) is 15.5. The normalized spacial score (nSPS) is 10.2. The summed E-state index contributed by atoms with van der Waals surface area (Å²) in [5, 5.41) is 5.53. The van der Waals surface area contributed by atoms with Gasteiger partial charge in [-0.25, -0.2) is 13.8 Å². The lowest BCUT2D eigenvalue weighted by Crippen LogP contribution is -2.12. The third kappa shape index (κ3) is 3.70. The number of carbonyl (C=O) groups excluding carboxylic acids is 1. The van der Waals surface area contributed by atoms with Crippen LogP contribution in [-0.2, 0) is 0 Å². The second-order valence-electron chi connectivity index (χ2n) is 4.88. The standard InChI is InChI=1S/C17H12F2N4O/c18-14-5-3-12(8-15(14)19)22-16-6-4-13(10-21-16)23-17(24)11-2-1-7-20-9-11/h1-10H,(H,21,22)(H,23,24). The number of pyridine rings is 2. The summed E-state index contributed by atoms with van der Waals surface area (Å²) in [5.41, 5.74) is 1.30. The lowest BCUT2D eigenvalue weighted by atomic mass is 10.2. The fourth-order valence-electron chi connectivity index (χ4n) is 1.96. The summed E-state index contributed by atoms with van der Waals surface area (Å²) >= 11 is 0. The summed E-state index contributed by atoms with van der Waals surface area (Å²) in [6.45, 7) is 0. The fraction of sp³-hybridized carbons (Fsp3) is 0. The van der Waals surface area contributed by atoms with Gasteiger partial charge >= 0.3 is 0 Å². The van der Waals surface area contributed by atoms with Crippen molar-refractivity contribution in [1.82, 2.24) is 9.97 Å². The number of amides is 1. The van der Waals surface area contributed by atoms with E-state index in [0.717, 1.165) is 12.1 Å². The lowest BCUT2D eigenvalue weighted by molar-refractivity contribution is 0.102. The number of hydrogen-bond donors (Lipinski definition) is 2. The Bertz CT molecular complexity index is 854. The van der Waals surface area contributed by atoms with Crippen LogP contribution < -0.4 is 10.6 Å². The number of nitrogens with one attached hydrogen (secondary N) is 2. The molecule has 2 N–H and O–H groups in total. The van der Waals surface area contributed by atoms with Crippen LogP contribution in [0.1, 0.15) is 10.4 Å². The van der Waals surface area contributed by atoms with Gasteiger partial charge in [0.15, 0.2) is 11.6 Å². The van der Waals surface area contributed by atoms with Crippen molar-refractivity contribution in [2.24, 2.45) is 0 Å². The van der Waals surface area contributed by atoms with E-state index < -0.39 is 11.6 Å². The summed E-state index contributed by atoms with van der Waals surface area (Å²) in [6.07, 6.45) is 4.50. The zero-order chi connectivity index (χ0) is 16.9. The number of rotatable bonds is 4. The molecular weight excluding hydrogens is 314 g/mol. The summed E-state index contributed by atoms with van der Waals surface area (Å²) in [7, 11) is 0. The number of anilines is 3. The van der Waals surface area contributed by atoms with Gasteiger partial charge in [0.25, 0.3) is 5.91 Å². The average molecular weight is 326 g/mol. The van der Waals surface area contributed by atoms with Crippen molar-refractivity contribution in [3.63, 3.8) is 0 Å². The Labute approximate surface area is 136 Å². The number of benzene rings is 1. The maximum atomic E-state index is 13.2. The quantitative estimate of drug-likeness (QED) is 0.766. The SMILES string of the molecule is O=C(Nc1ccc(Nc2ccc(F)c(F)c2)nc1)c1cccnc1. The molecule has 0 atom stereocenters. The molecule has 0 fully saturated rings. The van der Waals surface area contributed by atoms with E-state index in [1.165, 1.54) is 18.5 Å². The van der Waals surface area contributed by atoms with Crippen molar-refractivity contribution in [2.45, 2.75) is 0 Å². The Balaban J connectivity index is 1.67. The van der Waals surface area contributed by atoms with Crippen LogP contribution in [0.3, 0.4) is 0 Å². The summed E-state index contributed by atoms with van der Waals surface area (Å²) in [4.78, 5) is 20.0. The highest BCUT2D eigenvalue weighted by Crippen LogP contribution is 2.18. The van der Waals surface area contributed by atoms with Gasteiger partial charge in [-0.2, -0.15) is 0 Å². The monoisotopic (exact) mass is 326 g/mol. The molecule has 3 rings (SSSR count). The molecule has 120 valence electrons. The van der Waals surface area contributed by atoms with Gasteiger partial charge in [0.05, 0.1) is 17.4 Å². The Morgan fingerprint density at radius 3 is 2.46 bits per heavy atom. The Hall–Kier alpha value is -3.35. The van der Waals surface area contributed by atoms with Crippen molar-refractivity contribution in [2.75, 3.05) is 10.6 Å². The first-order valence-corrected chi connectivity index (χ1v) is 7.01. The Morgan fingerprint density at radius 1 is 0.958 bits per heavy atom. The topological polar surface area (TPSA) is 66.9 Å². The Kier molecular flexibility index (Phi) is 4.42. The molecule has 5 nitrogen and oxygen atoms in total. The highest BCUT2D eigenvalue weighted by atomic mass is 19.2. The van der Waals surface area contributed by atoms with E-state index in [1.807, 2.05) is 0 Å². The van der Waals surface area contributed by atoms with Crippen LogP contribution in [0.25, 0.3) is 0 Å². The molecule has 1 amide bonds. The minimum atomic E-state index is -0.944. The van der Waals surface area contributed by atoms with Crippen molar-refractivity contribution in [1.29, 1.82) is 0 Å². The smallest absolute Gasteiger partial charge is 0.257 e. The number of carbonyl (C=O) groups is 1. The van der Waals surface area contributed by atoms with Gasteiger partial charge in [-0.05, 0) is 36.4 Å². The van der Waals surface area contributed by atoms with E-state index in [-0.39, 0.29) is 5.91 Å². The molecule has 0 bridgehead atoms. The molecule has 0 saturated carbocycles. The highest BCUT2D eigenvalue weighted by molar-refractivity contribution is 6.03. The van der Waals surface area contributed by atoms with Gasteiger partial charge in [0.2, 0.25) is 0 Å². The van der Waals surface area contributed by atoms with Crippen molar-refractivity contribution >= 4 is 23.1 Å². The highest BCUT2D eigenvalue weighted by Gasteiger charge is 2.07. The molecule has 7 heteroatoms. The molecule has 0 unspecified atom stereocenters. The molecule has 2 heterocycles. The molecule has 24 heavy (non-hydrogen) atoms. The maximum Gasteiger partial charge on any atom is 0.257 e. The van der Waals surface area contributed by atoms with E-state index in [0.29, 0.717) is 22.8 Å². The largest absolute Gasteiger partial charge is 0.340 e. The second kappa shape index (κ2) is 6.82. The van der Waals surface area contributed by atoms with Crippen molar-refractivity contribution in [3.05, 3.63) is 78.3 Å². The minimum Gasteiger partial charge on any atom is -0.340 e. The molecule has 0 spiro atoms. The zero-order valence-electron chi connectivity index (χ0n) is 12.3. The molecule has 2 aromatic heterocycles. The van der Waals surface area contributed by atoms with Crippen LogP contribution in [0.5, 0.6) is 0 Å². The molecular formula is C17H12F2N4O. The second-order valence-corrected chi connectivity index (χ2v) is 4.88. The van der Waals surface area contributed by atoms with Crippen LogP contribution >= 0.6 is 0 Å². The summed E-state index contributed by atoms with van der Waals surface area (Å²) in [5.74, 6) is -1.73. The molecule has 0 radical (unpaired) electrons. The van der Waals surface area contributed by atoms with Crippen LogP contribution in [0.4, 0.5) is 26.0 Å². The van der Waals surface area contributed by atoms with Crippen molar-refractivity contribution < 1.29 is 13.6 Å². The van der Waals surface area contributed by atoms with E-state index in [9.17, 15) is 13.6 Å². The maximum absolute atomic E-state index is 13.2. The molecule has 0 aliphatic heterocycles. The summed E-state index contributed by atoms with van der Waals surface area (Å²) in [6, 6.07) is 10.0. The van der Waals surface area contributed by atoms with Crippen LogP contribution in [0, 0.1) is 11.6 Å². The van der Waals surface area contributed by atoms with Crippen LogP contribution in [0.2, 0.25) is 0 Å². The molecule has 0 saturated heterocycles. The van der Waals surface area contributed by atoms with E-state index in [4.69, 9.17) is 0 Å². The predicted octanol–water partition coefficient (Wildman–Crippen LogP) is 3.75. The van der Waals surface area contributed by atoms with E-state index in [2.05, 4.69) is 20.6 Å². The third-order valence-corrected chi connectivity index (χ3v) is 3.14. The number of aromatic nitrogens is 2. The lowest BCUT2D eigenvalue weighted by Gasteiger charge is -2.08. The van der Waals surface area contributed by atoms with Crippen LogP contribution in [-0.4, -0.2) is 15.9 Å². The minimum absolute atomic E-state index is 0.300. The number of nitrogens with zero attached hydrogens (tertiary/aromatic N) is 2. The molecule has 0 aliphatic rings. The first-order chi connectivity index (χ1) is 11.6. The van der Waals surface area contributed by atoms with E-state index >= 15 is 0 Å². The molecule has 3 aromatic rings. The number of halogens is 2. The van der Waals surface area contributed by atoms with Gasteiger partial charge in [-0.3, -0.25) is 9.78 Å². The van der Waals surface area contributed by atoms with Gasteiger partial charge in [0, 0.05) is 24.1 Å². The van der Waals surface area contributed by atoms with Gasteiger partial charge in [-0.1, -0.05) is 0 Å². The summed E-state index contributed by atoms with van der Waals surface area (Å²) < 4.78 is 26.1. The number of hydrogen-bond acceptors (Lipinski definition) is 4.